The predicted octanol–water partition coefficient (Wildman–Crippen LogP) is 6.59. The third-order valence-electron chi connectivity index (χ3n) is 3.26. The smallest absolute Gasteiger partial charge is 0.249 e. The first kappa shape index (κ1) is 19.3. The zero-order valence-corrected chi connectivity index (χ0v) is 15.1. The summed E-state index contributed by atoms with van der Waals surface area (Å²) in [7, 11) is -1.64. The molecule has 0 saturated heterocycles. The van der Waals surface area contributed by atoms with E-state index in [1.807, 2.05) is 6.08 Å². The number of unbranched alkanes of at least 4 members (excludes halogenated alkanes) is 5. The molecule has 0 aliphatic carbocycles. The first-order valence-corrected chi connectivity index (χ1v) is 11.4. The van der Waals surface area contributed by atoms with E-state index in [0.29, 0.717) is 0 Å². The van der Waals surface area contributed by atoms with Crippen molar-refractivity contribution in [2.75, 3.05) is 0 Å². The molecule has 0 spiro atoms. The lowest BCUT2D eigenvalue weighted by Crippen LogP contribution is -2.28. The van der Waals surface area contributed by atoms with Crippen LogP contribution in [0.5, 0.6) is 0 Å². The van der Waals surface area contributed by atoms with Gasteiger partial charge in [0.25, 0.3) is 0 Å². The van der Waals surface area contributed by atoms with Gasteiger partial charge < -0.3 is 4.43 Å². The fourth-order valence-electron chi connectivity index (χ4n) is 2.08. The Kier molecular flexibility index (Phi) is 11.6. The Balaban J connectivity index is 4.52. The summed E-state index contributed by atoms with van der Waals surface area (Å²) in [4.78, 5) is 0. The lowest BCUT2D eigenvalue weighted by atomic mass is 10.1. The summed E-state index contributed by atoms with van der Waals surface area (Å²) < 4.78 is 6.28. The fraction of sp³-hybridized carbons (Fsp3) is 0.722. The van der Waals surface area contributed by atoms with Crippen LogP contribution in [0.4, 0.5) is 0 Å². The second kappa shape index (κ2) is 12.1. The molecule has 0 unspecified atom stereocenters. The molecular weight excluding hydrogens is 260 g/mol. The van der Waals surface area contributed by atoms with Crippen molar-refractivity contribution >= 4 is 8.32 Å². The van der Waals surface area contributed by atoms with E-state index >= 15 is 0 Å². The summed E-state index contributed by atoms with van der Waals surface area (Å²) in [5.74, 6) is 1.08. The topological polar surface area (TPSA) is 9.23 Å². The maximum Gasteiger partial charge on any atom is 0.249 e. The van der Waals surface area contributed by atoms with Crippen LogP contribution in [0.2, 0.25) is 19.1 Å². The van der Waals surface area contributed by atoms with Crippen molar-refractivity contribution < 1.29 is 4.43 Å². The Hall–Kier alpha value is -0.723. The highest BCUT2D eigenvalue weighted by molar-refractivity contribution is 6.71. The maximum atomic E-state index is 6.28. The molecule has 116 valence electrons. The van der Waals surface area contributed by atoms with E-state index in [-0.39, 0.29) is 0 Å². The van der Waals surface area contributed by atoms with Crippen LogP contribution in [0.3, 0.4) is 0 Å². The fourth-order valence-corrected chi connectivity index (χ4v) is 3.69. The molecule has 0 aromatic carbocycles. The lowest BCUT2D eigenvalue weighted by Gasteiger charge is -2.23. The first-order chi connectivity index (χ1) is 9.55. The summed E-state index contributed by atoms with van der Waals surface area (Å²) in [5, 5.41) is 0. The molecule has 1 nitrogen and oxygen atoms in total. The largest absolute Gasteiger partial charge is 0.541 e. The van der Waals surface area contributed by atoms with Gasteiger partial charge in [0.2, 0.25) is 8.32 Å². The minimum atomic E-state index is -1.64. The van der Waals surface area contributed by atoms with Gasteiger partial charge in [0.05, 0.1) is 0 Å². The van der Waals surface area contributed by atoms with Crippen LogP contribution in [0, 0.1) is 0 Å². The Morgan fingerprint density at radius 1 is 1.10 bits per heavy atom. The second-order valence-corrected chi connectivity index (χ2v) is 10.2. The lowest BCUT2D eigenvalue weighted by molar-refractivity contribution is 0.390. The highest BCUT2D eigenvalue weighted by atomic mass is 28.4. The van der Waals surface area contributed by atoms with Crippen molar-refractivity contribution in [2.24, 2.45) is 0 Å². The monoisotopic (exact) mass is 294 g/mol. The van der Waals surface area contributed by atoms with E-state index in [2.05, 4.69) is 45.3 Å². The van der Waals surface area contributed by atoms with Gasteiger partial charge >= 0.3 is 0 Å². The highest BCUT2D eigenvalue weighted by Gasteiger charge is 2.23. The molecule has 0 radical (unpaired) electrons. The Morgan fingerprint density at radius 2 is 1.80 bits per heavy atom. The van der Waals surface area contributed by atoms with Crippen molar-refractivity contribution in [1.82, 2.24) is 0 Å². The summed E-state index contributed by atoms with van der Waals surface area (Å²) in [6.45, 7) is 12.8. The van der Waals surface area contributed by atoms with Crippen LogP contribution >= 0.6 is 0 Å². The first-order valence-electron chi connectivity index (χ1n) is 8.29. The van der Waals surface area contributed by atoms with Crippen molar-refractivity contribution in [1.29, 1.82) is 0 Å². The average Bonchev–Trinajstić information content (AvgIpc) is 2.39. The summed E-state index contributed by atoms with van der Waals surface area (Å²) in [5.41, 5.74) is 3.42. The molecule has 0 aromatic rings. The summed E-state index contributed by atoms with van der Waals surface area (Å²) >= 11 is 0. The molecule has 0 fully saturated rings. The third kappa shape index (κ3) is 11.1. The molecule has 0 saturated carbocycles. The predicted molar refractivity (Wildman–Crippen MR) is 93.5 cm³/mol. The van der Waals surface area contributed by atoms with Gasteiger partial charge in [-0.2, -0.15) is 0 Å². The van der Waals surface area contributed by atoms with Crippen LogP contribution < -0.4 is 0 Å². The SMILES string of the molecule is C=CC[Si](C)(C)OC(=C=CCCCC)CCCCCC. The molecule has 0 heterocycles. The minimum absolute atomic E-state index is 1.00. The van der Waals surface area contributed by atoms with Gasteiger partial charge in [-0.15, -0.1) is 6.58 Å². The zero-order valence-electron chi connectivity index (χ0n) is 14.1. The normalized spacial score (nSPS) is 10.8. The van der Waals surface area contributed by atoms with Crippen LogP contribution in [0.15, 0.2) is 30.2 Å². The molecule has 0 rings (SSSR count). The molecule has 0 atom stereocenters. The van der Waals surface area contributed by atoms with E-state index in [0.717, 1.165) is 24.6 Å². The molecule has 20 heavy (non-hydrogen) atoms. The van der Waals surface area contributed by atoms with Gasteiger partial charge in [-0.3, -0.25) is 0 Å². The zero-order chi connectivity index (χ0) is 15.3. The summed E-state index contributed by atoms with van der Waals surface area (Å²) in [6, 6.07) is 1.00. The molecule has 0 aliphatic rings. The number of hydrogen-bond donors (Lipinski definition) is 0. The van der Waals surface area contributed by atoms with Crippen LogP contribution in [-0.4, -0.2) is 8.32 Å². The highest BCUT2D eigenvalue weighted by Crippen LogP contribution is 2.20. The second-order valence-electron chi connectivity index (χ2n) is 6.08. The van der Waals surface area contributed by atoms with Gasteiger partial charge in [0.1, 0.15) is 5.76 Å². The van der Waals surface area contributed by atoms with Gasteiger partial charge in [-0.1, -0.05) is 51.3 Å². The van der Waals surface area contributed by atoms with Crippen LogP contribution in [-0.2, 0) is 4.43 Å². The van der Waals surface area contributed by atoms with Gasteiger partial charge in [0.15, 0.2) is 0 Å². The number of hydrogen-bond acceptors (Lipinski definition) is 1. The quantitative estimate of drug-likeness (QED) is 0.130. The van der Waals surface area contributed by atoms with E-state index in [1.54, 1.807) is 0 Å². The minimum Gasteiger partial charge on any atom is -0.541 e. The Labute approximate surface area is 127 Å². The molecule has 0 N–H and O–H groups in total. The maximum absolute atomic E-state index is 6.28. The van der Waals surface area contributed by atoms with Crippen LogP contribution in [0.1, 0.15) is 65.2 Å². The molecule has 0 aliphatic heterocycles. The van der Waals surface area contributed by atoms with E-state index in [9.17, 15) is 0 Å². The van der Waals surface area contributed by atoms with E-state index < -0.39 is 8.32 Å². The molecule has 0 bridgehead atoms. The number of allylic oxidation sites excluding steroid dienone is 2. The number of rotatable bonds is 12. The molecular formula is C18H34OSi. The molecule has 0 aromatic heterocycles. The van der Waals surface area contributed by atoms with E-state index in [4.69, 9.17) is 4.43 Å². The van der Waals surface area contributed by atoms with Gasteiger partial charge in [0, 0.05) is 6.42 Å². The van der Waals surface area contributed by atoms with E-state index in [1.165, 1.54) is 38.5 Å². The molecule has 0 amide bonds. The Morgan fingerprint density at radius 3 is 2.40 bits per heavy atom. The van der Waals surface area contributed by atoms with Crippen molar-refractivity contribution in [3.63, 3.8) is 0 Å². The van der Waals surface area contributed by atoms with Crippen molar-refractivity contribution in [2.45, 2.75) is 84.4 Å². The summed E-state index contributed by atoms with van der Waals surface area (Å²) in [6.07, 6.45) is 13.9. The Bertz CT molecular complexity index is 311. The average molecular weight is 295 g/mol. The van der Waals surface area contributed by atoms with Crippen LogP contribution in [0.25, 0.3) is 0 Å². The van der Waals surface area contributed by atoms with Crippen molar-refractivity contribution in [3.05, 3.63) is 30.2 Å². The molecule has 2 heteroatoms. The van der Waals surface area contributed by atoms with Crippen molar-refractivity contribution in [3.8, 4) is 0 Å². The standard InChI is InChI=1S/C18H34OSi/c1-6-9-11-13-15-18(16-14-12-10-7-2)19-20(4,5)17-8-3/h8,13H,3,6-7,9-12,14,16-17H2,1-2,4-5H3. The third-order valence-corrected chi connectivity index (χ3v) is 5.33. The van der Waals surface area contributed by atoms with Gasteiger partial charge in [-0.05, 0) is 44.5 Å². The van der Waals surface area contributed by atoms with Gasteiger partial charge in [-0.25, -0.2) is 0 Å².